The monoisotopic (exact) mass is 531 g/mol. The van der Waals surface area contributed by atoms with Crippen LogP contribution in [0.15, 0.2) is 88.5 Å². The van der Waals surface area contributed by atoms with E-state index in [0.29, 0.717) is 5.92 Å². The second-order valence-electron chi connectivity index (χ2n) is 9.56. The number of hydrogen-bond donors (Lipinski definition) is 2. The molecule has 0 amide bonds. The summed E-state index contributed by atoms with van der Waals surface area (Å²) in [4.78, 5) is 2.58. The van der Waals surface area contributed by atoms with E-state index < -0.39 is 0 Å². The van der Waals surface area contributed by atoms with Crippen molar-refractivity contribution in [2.24, 2.45) is 5.92 Å². The van der Waals surface area contributed by atoms with Gasteiger partial charge in [-0.3, -0.25) is 4.90 Å². The summed E-state index contributed by atoms with van der Waals surface area (Å²) in [5.74, 6) is 0.356. The molecule has 5 heteroatoms. The fourth-order valence-corrected chi connectivity index (χ4v) is 5.54. The molecule has 34 heavy (non-hydrogen) atoms. The maximum atomic E-state index is 5.68. The minimum Gasteiger partial charge on any atom is -0.352 e. The summed E-state index contributed by atoms with van der Waals surface area (Å²) >= 11 is 9.25. The number of nitrogens with zero attached hydrogens (tertiary/aromatic N) is 1. The number of halogens is 1. The molecule has 2 unspecified atom stereocenters. The van der Waals surface area contributed by atoms with E-state index in [2.05, 4.69) is 118 Å². The van der Waals surface area contributed by atoms with Crippen molar-refractivity contribution in [3.05, 3.63) is 116 Å². The van der Waals surface area contributed by atoms with Crippen molar-refractivity contribution in [2.45, 2.75) is 32.9 Å². The largest absolute Gasteiger partial charge is 0.352 e. The Labute approximate surface area is 216 Å². The lowest BCUT2D eigenvalue weighted by molar-refractivity contribution is 0.221. The molecule has 2 atom stereocenters. The van der Waals surface area contributed by atoms with Gasteiger partial charge in [-0.25, -0.2) is 0 Å². The van der Waals surface area contributed by atoms with Crippen LogP contribution >= 0.6 is 28.1 Å². The van der Waals surface area contributed by atoms with E-state index in [1.165, 1.54) is 39.1 Å². The van der Waals surface area contributed by atoms with Crippen molar-refractivity contribution in [1.82, 2.24) is 15.5 Å². The van der Waals surface area contributed by atoms with Crippen LogP contribution in [0, 0.1) is 19.8 Å². The summed E-state index contributed by atoms with van der Waals surface area (Å²) in [6.45, 7) is 7.12. The first-order valence-corrected chi connectivity index (χ1v) is 13.0. The molecule has 0 radical (unpaired) electrons. The molecule has 0 fully saturated rings. The first-order chi connectivity index (χ1) is 16.4. The minimum absolute atomic E-state index is 0.0950. The van der Waals surface area contributed by atoms with Gasteiger partial charge in [0, 0.05) is 35.7 Å². The van der Waals surface area contributed by atoms with Crippen molar-refractivity contribution >= 4 is 33.3 Å². The average Bonchev–Trinajstić information content (AvgIpc) is 2.83. The van der Waals surface area contributed by atoms with Crippen molar-refractivity contribution in [1.29, 1.82) is 0 Å². The van der Waals surface area contributed by atoms with Crippen LogP contribution in [0.5, 0.6) is 0 Å². The summed E-state index contributed by atoms with van der Waals surface area (Å²) in [5.41, 5.74) is 9.24. The number of hydrogen-bond acceptors (Lipinski definition) is 2. The normalized spacial score (nSPS) is 20.5. The summed E-state index contributed by atoms with van der Waals surface area (Å²) in [6.07, 6.45) is 0.992. The molecule has 0 aromatic heterocycles. The highest BCUT2D eigenvalue weighted by atomic mass is 79.9. The first kappa shape index (κ1) is 23.3. The van der Waals surface area contributed by atoms with Crippen LogP contribution in [-0.2, 0) is 13.0 Å². The predicted molar refractivity (Wildman–Crippen MR) is 148 cm³/mol. The molecule has 0 bridgehead atoms. The van der Waals surface area contributed by atoms with Crippen molar-refractivity contribution in [3.8, 4) is 0 Å². The molecule has 2 aliphatic heterocycles. The van der Waals surface area contributed by atoms with Gasteiger partial charge in [0.1, 0.15) is 0 Å². The quantitative estimate of drug-likeness (QED) is 0.382. The highest BCUT2D eigenvalue weighted by Crippen LogP contribution is 2.36. The Kier molecular flexibility index (Phi) is 6.87. The first-order valence-electron chi connectivity index (χ1n) is 11.8. The summed E-state index contributed by atoms with van der Waals surface area (Å²) in [6, 6.07) is 26.6. The molecule has 5 rings (SSSR count). The van der Waals surface area contributed by atoms with E-state index in [1.54, 1.807) is 0 Å². The Morgan fingerprint density at radius 3 is 2.18 bits per heavy atom. The number of aryl methyl sites for hydroxylation is 2. The molecule has 0 aliphatic carbocycles. The standard InChI is InChI=1S/C29H30BrN3S/c1-19-3-7-21(8-4-19)15-24-17-33(16-22-9-13-25(30)14-10-22)18-26-27(31-29(34)32-28(24)26)23-11-5-20(2)6-12-23/h3-14,24,27H,15-18H2,1-2H3,(H2,31,32,34). The predicted octanol–water partition coefficient (Wildman–Crippen LogP) is 6.21. The second-order valence-corrected chi connectivity index (χ2v) is 10.9. The maximum absolute atomic E-state index is 5.68. The van der Waals surface area contributed by atoms with Crippen LogP contribution in [0.3, 0.4) is 0 Å². The number of benzene rings is 3. The summed E-state index contributed by atoms with van der Waals surface area (Å²) in [7, 11) is 0. The molecular formula is C29H30BrN3S. The Hall–Kier alpha value is -2.47. The molecule has 3 aromatic carbocycles. The van der Waals surface area contributed by atoms with Gasteiger partial charge in [-0.05, 0) is 66.9 Å². The van der Waals surface area contributed by atoms with Gasteiger partial charge in [0.05, 0.1) is 6.04 Å². The minimum atomic E-state index is 0.0950. The third-order valence-corrected chi connectivity index (χ3v) is 7.58. The molecular weight excluding hydrogens is 502 g/mol. The molecule has 3 aromatic rings. The van der Waals surface area contributed by atoms with E-state index in [0.717, 1.165) is 35.6 Å². The molecule has 2 aliphatic rings. The van der Waals surface area contributed by atoms with Gasteiger partial charge in [0.25, 0.3) is 0 Å². The zero-order valence-electron chi connectivity index (χ0n) is 19.6. The Morgan fingerprint density at radius 2 is 1.50 bits per heavy atom. The highest BCUT2D eigenvalue weighted by molar-refractivity contribution is 9.10. The van der Waals surface area contributed by atoms with E-state index in [1.807, 2.05) is 0 Å². The highest BCUT2D eigenvalue weighted by Gasteiger charge is 2.36. The maximum Gasteiger partial charge on any atom is 0.171 e. The van der Waals surface area contributed by atoms with Crippen LogP contribution in [0.2, 0.25) is 0 Å². The van der Waals surface area contributed by atoms with Gasteiger partial charge in [-0.1, -0.05) is 87.7 Å². The molecule has 174 valence electrons. The van der Waals surface area contributed by atoms with Gasteiger partial charge in [0.15, 0.2) is 5.11 Å². The Balaban J connectivity index is 1.50. The van der Waals surface area contributed by atoms with Crippen molar-refractivity contribution in [3.63, 3.8) is 0 Å². The van der Waals surface area contributed by atoms with Gasteiger partial charge in [-0.15, -0.1) is 0 Å². The third kappa shape index (κ3) is 5.27. The van der Waals surface area contributed by atoms with Gasteiger partial charge >= 0.3 is 0 Å². The lowest BCUT2D eigenvalue weighted by Crippen LogP contribution is -2.52. The van der Waals surface area contributed by atoms with Crippen LogP contribution < -0.4 is 10.6 Å². The van der Waals surface area contributed by atoms with Gasteiger partial charge < -0.3 is 10.6 Å². The molecule has 0 saturated carbocycles. The van der Waals surface area contributed by atoms with E-state index >= 15 is 0 Å². The van der Waals surface area contributed by atoms with Crippen LogP contribution in [-0.4, -0.2) is 23.1 Å². The van der Waals surface area contributed by atoms with Gasteiger partial charge in [0.2, 0.25) is 0 Å². The van der Waals surface area contributed by atoms with Crippen molar-refractivity contribution in [2.75, 3.05) is 13.1 Å². The molecule has 3 nitrogen and oxygen atoms in total. The van der Waals surface area contributed by atoms with E-state index in [4.69, 9.17) is 12.2 Å². The SMILES string of the molecule is Cc1ccc(CC2CN(Cc3ccc(Br)cc3)CC3=C2NC(=S)NC3c2ccc(C)cc2)cc1. The molecule has 2 N–H and O–H groups in total. The Bertz CT molecular complexity index is 1200. The fraction of sp³-hybridized carbons (Fsp3) is 0.276. The smallest absolute Gasteiger partial charge is 0.171 e. The average molecular weight is 533 g/mol. The zero-order chi connectivity index (χ0) is 23.7. The van der Waals surface area contributed by atoms with Crippen LogP contribution in [0.4, 0.5) is 0 Å². The number of thiocarbonyl (C=S) groups is 1. The second kappa shape index (κ2) is 10.0. The Morgan fingerprint density at radius 1 is 0.882 bits per heavy atom. The van der Waals surface area contributed by atoms with E-state index in [-0.39, 0.29) is 6.04 Å². The zero-order valence-corrected chi connectivity index (χ0v) is 22.0. The van der Waals surface area contributed by atoms with Crippen LogP contribution in [0.1, 0.15) is 33.9 Å². The lowest BCUT2D eigenvalue weighted by atomic mass is 9.83. The van der Waals surface area contributed by atoms with Crippen molar-refractivity contribution < 1.29 is 0 Å². The van der Waals surface area contributed by atoms with Crippen LogP contribution in [0.25, 0.3) is 0 Å². The number of rotatable bonds is 5. The summed E-state index contributed by atoms with van der Waals surface area (Å²) < 4.78 is 1.12. The molecule has 0 saturated heterocycles. The molecule has 2 heterocycles. The van der Waals surface area contributed by atoms with E-state index in [9.17, 15) is 0 Å². The van der Waals surface area contributed by atoms with Gasteiger partial charge in [-0.2, -0.15) is 0 Å². The lowest BCUT2D eigenvalue weighted by Gasteiger charge is -2.43. The fourth-order valence-electron chi connectivity index (χ4n) is 5.05. The third-order valence-electron chi connectivity index (χ3n) is 6.83. The number of nitrogens with one attached hydrogen (secondary N) is 2. The topological polar surface area (TPSA) is 27.3 Å². The molecule has 0 spiro atoms. The summed E-state index contributed by atoms with van der Waals surface area (Å²) in [5, 5.41) is 7.86.